The van der Waals surface area contributed by atoms with E-state index in [2.05, 4.69) is 6.92 Å². The van der Waals surface area contributed by atoms with Gasteiger partial charge in [0.05, 0.1) is 17.8 Å². The van der Waals surface area contributed by atoms with Gasteiger partial charge in [0.2, 0.25) is 5.78 Å². The molecular weight excluding hydrogens is 528 g/mol. The monoisotopic (exact) mass is 570 g/mol. The van der Waals surface area contributed by atoms with Crippen LogP contribution < -0.4 is 0 Å². The van der Waals surface area contributed by atoms with Crippen LogP contribution in [0, 0.1) is 34.5 Å². The molecule has 6 nitrogen and oxygen atoms in total. The molecule has 9 atom stereocenters. The third kappa shape index (κ3) is 3.94. The van der Waals surface area contributed by atoms with Crippen molar-refractivity contribution in [3.05, 3.63) is 60.2 Å². The van der Waals surface area contributed by atoms with Gasteiger partial charge in [0.1, 0.15) is 5.60 Å². The molecule has 0 unspecified atom stereocenters. The van der Waals surface area contributed by atoms with Crippen LogP contribution in [0.25, 0.3) is 21.5 Å². The van der Waals surface area contributed by atoms with Crippen LogP contribution in [-0.4, -0.2) is 51.5 Å². The maximum absolute atomic E-state index is 13.8. The maximum atomic E-state index is 13.8. The second kappa shape index (κ2) is 9.87. The first-order valence-corrected chi connectivity index (χ1v) is 15.8. The fourth-order valence-corrected chi connectivity index (χ4v) is 10.4. The number of hydrogen-bond donors (Lipinski definition) is 3. The summed E-state index contributed by atoms with van der Waals surface area (Å²) in [6.07, 6.45) is 4.94. The Hall–Kier alpha value is -2.80. The molecule has 6 heteroatoms. The van der Waals surface area contributed by atoms with Crippen LogP contribution in [0.4, 0.5) is 0 Å². The lowest BCUT2D eigenvalue weighted by Gasteiger charge is -2.62. The van der Waals surface area contributed by atoms with Gasteiger partial charge in [-0.3, -0.25) is 4.79 Å². The Morgan fingerprint density at radius 1 is 0.905 bits per heavy atom. The van der Waals surface area contributed by atoms with Crippen LogP contribution in [0.1, 0.15) is 75.6 Å². The van der Waals surface area contributed by atoms with Gasteiger partial charge in [-0.1, -0.05) is 62.4 Å². The molecule has 0 aliphatic heterocycles. The molecule has 3 aromatic carbocycles. The second-order valence-electron chi connectivity index (χ2n) is 14.3. The Kier molecular flexibility index (Phi) is 6.58. The van der Waals surface area contributed by atoms with E-state index in [1.54, 1.807) is 0 Å². The molecule has 0 amide bonds. The molecule has 0 spiro atoms. The maximum Gasteiger partial charge on any atom is 0.339 e. The van der Waals surface area contributed by atoms with Gasteiger partial charge in [0, 0.05) is 5.41 Å². The van der Waals surface area contributed by atoms with Crippen molar-refractivity contribution >= 4 is 33.3 Å². The minimum atomic E-state index is -1.66. The van der Waals surface area contributed by atoms with E-state index in [0.29, 0.717) is 24.3 Å². The van der Waals surface area contributed by atoms with E-state index in [9.17, 15) is 24.9 Å². The van der Waals surface area contributed by atoms with Crippen molar-refractivity contribution in [3.8, 4) is 0 Å². The molecule has 4 saturated carbocycles. The lowest BCUT2D eigenvalue weighted by molar-refractivity contribution is -0.202. The molecular formula is C36H42O6. The van der Waals surface area contributed by atoms with Crippen LogP contribution >= 0.6 is 0 Å². The molecule has 0 bridgehead atoms. The number of carbonyl (C=O) groups is 2. The van der Waals surface area contributed by atoms with Crippen LogP contribution in [0.15, 0.2) is 54.6 Å². The summed E-state index contributed by atoms with van der Waals surface area (Å²) in [5, 5.41) is 37.5. The van der Waals surface area contributed by atoms with Gasteiger partial charge in [0.15, 0.2) is 6.61 Å². The highest BCUT2D eigenvalue weighted by Crippen LogP contribution is 2.68. The Morgan fingerprint density at radius 2 is 1.57 bits per heavy atom. The Bertz CT molecular complexity index is 1510. The van der Waals surface area contributed by atoms with E-state index in [4.69, 9.17) is 4.74 Å². The smallest absolute Gasteiger partial charge is 0.339 e. The van der Waals surface area contributed by atoms with E-state index in [1.807, 2.05) is 61.5 Å². The number of fused-ring (bicyclic) bond motifs is 7. The highest BCUT2D eigenvalue weighted by molar-refractivity contribution is 6.16. The van der Waals surface area contributed by atoms with E-state index >= 15 is 0 Å². The Morgan fingerprint density at radius 3 is 2.26 bits per heavy atom. The van der Waals surface area contributed by atoms with Crippen molar-refractivity contribution in [2.45, 2.75) is 83.0 Å². The first kappa shape index (κ1) is 28.0. The number of carbonyl (C=O) groups excluding carboxylic acids is 2. The number of hydrogen-bond acceptors (Lipinski definition) is 6. The highest BCUT2D eigenvalue weighted by Gasteiger charge is 2.68. The average molecular weight is 571 g/mol. The number of aliphatic hydroxyl groups excluding tert-OH is 2. The first-order chi connectivity index (χ1) is 20.1. The van der Waals surface area contributed by atoms with Gasteiger partial charge in [0.25, 0.3) is 0 Å². The quantitative estimate of drug-likeness (QED) is 0.270. The van der Waals surface area contributed by atoms with Crippen molar-refractivity contribution in [3.63, 3.8) is 0 Å². The molecule has 0 heterocycles. The van der Waals surface area contributed by atoms with Gasteiger partial charge in [-0.25, -0.2) is 4.79 Å². The topological polar surface area (TPSA) is 104 Å². The number of aliphatic hydroxyl groups is 3. The number of rotatable bonds is 4. The number of esters is 1. The summed E-state index contributed by atoms with van der Waals surface area (Å²) in [6.45, 7) is 3.77. The summed E-state index contributed by atoms with van der Waals surface area (Å²) in [5.41, 5.74) is -2.06. The summed E-state index contributed by atoms with van der Waals surface area (Å²) < 4.78 is 5.70. The zero-order valence-corrected chi connectivity index (χ0v) is 24.6. The lowest BCUT2D eigenvalue weighted by atomic mass is 9.43. The number of ketones is 1. The summed E-state index contributed by atoms with van der Waals surface area (Å²) in [7, 11) is 0. The highest BCUT2D eigenvalue weighted by atomic mass is 16.5. The van der Waals surface area contributed by atoms with Crippen molar-refractivity contribution in [1.29, 1.82) is 0 Å². The van der Waals surface area contributed by atoms with Gasteiger partial charge in [-0.05, 0) is 108 Å². The standard InChI is InChI=1S/C36H42O6/c1-34-15-13-24(37)18-23(34)11-12-27-28-14-16-36(41,35(28,2)19-29(38)32(27)34)30(39)20-42-33(40)31-25-9-5-3-7-21(25)17-22-8-4-6-10-26(22)31/h3-10,17,23-24,27-29,32,37-38,41H,11-16,18-20H2,1-2H3/t23-,24-,27+,28+,29+,32-,34+,35+,36+/m1/s1. The van der Waals surface area contributed by atoms with Gasteiger partial charge < -0.3 is 20.1 Å². The Labute approximate surface area is 247 Å². The Balaban J connectivity index is 1.13. The van der Waals surface area contributed by atoms with Crippen molar-refractivity contribution in [2.24, 2.45) is 34.5 Å². The average Bonchev–Trinajstić information content (AvgIpc) is 3.25. The second-order valence-corrected chi connectivity index (χ2v) is 14.3. The molecule has 4 aliphatic carbocycles. The molecule has 0 aromatic heterocycles. The summed E-state index contributed by atoms with van der Waals surface area (Å²) >= 11 is 0. The SMILES string of the molecule is C[C@]12CC[C@@H](O)C[C@H]1CC[C@@H]1[C@@H]2[C@@H](O)C[C@@]2(C)[C@H]1CC[C@]2(O)C(=O)COC(=O)c1c2ccccc2cc2ccccc12. The molecule has 222 valence electrons. The van der Waals surface area contributed by atoms with Crippen LogP contribution in [0.5, 0.6) is 0 Å². The van der Waals surface area contributed by atoms with Crippen LogP contribution in [-0.2, 0) is 9.53 Å². The van der Waals surface area contributed by atoms with E-state index in [-0.39, 0.29) is 29.3 Å². The summed E-state index contributed by atoms with van der Waals surface area (Å²) in [5.74, 6) is -0.209. The van der Waals surface area contributed by atoms with E-state index < -0.39 is 35.5 Å². The molecule has 7 rings (SSSR count). The predicted molar refractivity (Wildman–Crippen MR) is 161 cm³/mol. The molecule has 0 radical (unpaired) electrons. The number of Topliss-reactive ketones (excluding diaryl/α,β-unsaturated/α-hetero) is 1. The molecule has 4 fully saturated rings. The summed E-state index contributed by atoms with van der Waals surface area (Å²) in [4.78, 5) is 27.4. The fraction of sp³-hybridized carbons (Fsp3) is 0.556. The third-order valence-electron chi connectivity index (χ3n) is 12.5. The lowest BCUT2D eigenvalue weighted by Crippen LogP contribution is -2.63. The van der Waals surface area contributed by atoms with E-state index in [1.165, 1.54) is 0 Å². The van der Waals surface area contributed by atoms with Crippen molar-refractivity contribution in [2.75, 3.05) is 6.61 Å². The molecule has 4 aliphatic rings. The number of ether oxygens (including phenoxy) is 1. The summed E-state index contributed by atoms with van der Waals surface area (Å²) in [6, 6.07) is 17.3. The predicted octanol–water partition coefficient (Wildman–Crippen LogP) is 5.82. The zero-order valence-electron chi connectivity index (χ0n) is 24.6. The molecule has 3 N–H and O–H groups in total. The minimum absolute atomic E-state index is 0.0373. The molecule has 0 saturated heterocycles. The minimum Gasteiger partial charge on any atom is -0.454 e. The molecule has 42 heavy (non-hydrogen) atoms. The zero-order chi connectivity index (χ0) is 29.4. The first-order valence-electron chi connectivity index (χ1n) is 15.8. The number of benzene rings is 3. The van der Waals surface area contributed by atoms with Crippen LogP contribution in [0.3, 0.4) is 0 Å². The van der Waals surface area contributed by atoms with Gasteiger partial charge >= 0.3 is 5.97 Å². The third-order valence-corrected chi connectivity index (χ3v) is 12.5. The fourth-order valence-electron chi connectivity index (χ4n) is 10.4. The van der Waals surface area contributed by atoms with Gasteiger partial charge in [-0.2, -0.15) is 0 Å². The normalized spacial score (nSPS) is 39.4. The largest absolute Gasteiger partial charge is 0.454 e. The van der Waals surface area contributed by atoms with Crippen molar-refractivity contribution in [1.82, 2.24) is 0 Å². The van der Waals surface area contributed by atoms with Crippen LogP contribution in [0.2, 0.25) is 0 Å². The van der Waals surface area contributed by atoms with E-state index in [0.717, 1.165) is 60.1 Å². The molecule has 3 aromatic rings. The van der Waals surface area contributed by atoms with Gasteiger partial charge in [-0.15, -0.1) is 0 Å². The van der Waals surface area contributed by atoms with Crippen molar-refractivity contribution < 1.29 is 29.6 Å².